The van der Waals surface area contributed by atoms with Gasteiger partial charge < -0.3 is 24.6 Å². The Morgan fingerprint density at radius 1 is 0.909 bits per heavy atom. The zero-order valence-electron chi connectivity index (χ0n) is 12.8. The minimum Gasteiger partial charge on any atom is -0.459 e. The van der Waals surface area contributed by atoms with Crippen molar-refractivity contribution in [2.24, 2.45) is 0 Å². The summed E-state index contributed by atoms with van der Waals surface area (Å²) >= 11 is 0. The molecule has 0 radical (unpaired) electrons. The van der Waals surface area contributed by atoms with Crippen molar-refractivity contribution in [3.05, 3.63) is 0 Å². The van der Waals surface area contributed by atoms with E-state index in [9.17, 15) is 19.2 Å². The Bertz CT molecular complexity index is 431. The van der Waals surface area contributed by atoms with E-state index < -0.39 is 18.0 Å². The van der Waals surface area contributed by atoms with Gasteiger partial charge >= 0.3 is 18.0 Å². The average Bonchev–Trinajstić information content (AvgIpc) is 2.52. The maximum Gasteiger partial charge on any atom is 0.409 e. The van der Waals surface area contributed by atoms with E-state index in [2.05, 4.69) is 10.1 Å². The highest BCUT2D eigenvalue weighted by molar-refractivity contribution is 6.32. The van der Waals surface area contributed by atoms with Gasteiger partial charge in [0.15, 0.2) is 0 Å². The molecule has 1 heterocycles. The fraction of sp³-hybridized carbons (Fsp3) is 0.692. The molecule has 1 aliphatic rings. The first-order chi connectivity index (χ1) is 10.5. The third kappa shape index (κ3) is 5.23. The minimum absolute atomic E-state index is 0.0933. The Morgan fingerprint density at radius 3 is 2.00 bits per heavy atom. The van der Waals surface area contributed by atoms with Crippen molar-refractivity contribution < 1.29 is 28.7 Å². The second-order valence-electron chi connectivity index (χ2n) is 4.47. The smallest absolute Gasteiger partial charge is 0.409 e. The molecule has 1 fully saturated rings. The summed E-state index contributed by atoms with van der Waals surface area (Å²) in [6.07, 6.45) is -0.398. The van der Waals surface area contributed by atoms with Gasteiger partial charge in [-0.2, -0.15) is 0 Å². The summed E-state index contributed by atoms with van der Waals surface area (Å²) in [6, 6.07) is 0. The molecule has 1 N–H and O–H groups in total. The van der Waals surface area contributed by atoms with Crippen LogP contribution in [0.25, 0.3) is 0 Å². The number of amides is 3. The molecular formula is C13H21N3O6. The van der Waals surface area contributed by atoms with Gasteiger partial charge in [-0.15, -0.1) is 0 Å². The lowest BCUT2D eigenvalue weighted by Gasteiger charge is -2.34. The molecule has 0 aliphatic carbocycles. The van der Waals surface area contributed by atoms with E-state index in [1.54, 1.807) is 13.8 Å². The molecule has 0 aromatic carbocycles. The summed E-state index contributed by atoms with van der Waals surface area (Å²) in [4.78, 5) is 48.9. The first kappa shape index (κ1) is 17.7. The highest BCUT2D eigenvalue weighted by atomic mass is 16.6. The number of esters is 1. The average molecular weight is 315 g/mol. The molecule has 0 bridgehead atoms. The van der Waals surface area contributed by atoms with E-state index >= 15 is 0 Å². The van der Waals surface area contributed by atoms with Gasteiger partial charge in [-0.25, -0.2) is 9.59 Å². The SMILES string of the molecule is CCOC(=O)C(=O)NCC(=O)N1CCN(C(=O)OCC)CC1. The largest absolute Gasteiger partial charge is 0.459 e. The van der Waals surface area contributed by atoms with Gasteiger partial charge in [0.25, 0.3) is 0 Å². The van der Waals surface area contributed by atoms with Crippen LogP contribution in [0.1, 0.15) is 13.8 Å². The molecule has 3 amide bonds. The Labute approximate surface area is 128 Å². The van der Waals surface area contributed by atoms with Crippen LogP contribution >= 0.6 is 0 Å². The first-order valence-electron chi connectivity index (χ1n) is 7.14. The van der Waals surface area contributed by atoms with E-state index in [1.165, 1.54) is 9.80 Å². The lowest BCUT2D eigenvalue weighted by molar-refractivity contribution is -0.154. The van der Waals surface area contributed by atoms with Crippen LogP contribution in [-0.4, -0.2) is 79.6 Å². The molecule has 9 nitrogen and oxygen atoms in total. The Hall–Kier alpha value is -2.32. The summed E-state index contributed by atoms with van der Waals surface area (Å²) < 4.78 is 9.39. The van der Waals surface area contributed by atoms with Crippen molar-refractivity contribution in [1.82, 2.24) is 15.1 Å². The predicted octanol–water partition coefficient (Wildman–Crippen LogP) is -1.03. The van der Waals surface area contributed by atoms with Crippen molar-refractivity contribution >= 4 is 23.9 Å². The van der Waals surface area contributed by atoms with Gasteiger partial charge in [0.1, 0.15) is 0 Å². The number of hydrogen-bond acceptors (Lipinski definition) is 6. The van der Waals surface area contributed by atoms with E-state index in [1.807, 2.05) is 0 Å². The third-order valence-electron chi connectivity index (χ3n) is 3.02. The zero-order chi connectivity index (χ0) is 16.5. The monoisotopic (exact) mass is 315 g/mol. The molecule has 0 aromatic rings. The Balaban J connectivity index is 2.32. The highest BCUT2D eigenvalue weighted by Crippen LogP contribution is 2.04. The summed E-state index contributed by atoms with van der Waals surface area (Å²) in [5.41, 5.74) is 0. The van der Waals surface area contributed by atoms with E-state index in [0.717, 1.165) is 0 Å². The van der Waals surface area contributed by atoms with Gasteiger partial charge in [-0.05, 0) is 13.8 Å². The number of nitrogens with one attached hydrogen (secondary N) is 1. The predicted molar refractivity (Wildman–Crippen MR) is 74.8 cm³/mol. The van der Waals surface area contributed by atoms with Crippen LogP contribution in [0.15, 0.2) is 0 Å². The first-order valence-corrected chi connectivity index (χ1v) is 7.14. The van der Waals surface area contributed by atoms with E-state index in [4.69, 9.17) is 4.74 Å². The molecule has 22 heavy (non-hydrogen) atoms. The van der Waals surface area contributed by atoms with Crippen LogP contribution in [0, 0.1) is 0 Å². The number of rotatable bonds is 4. The van der Waals surface area contributed by atoms with Crippen molar-refractivity contribution in [2.45, 2.75) is 13.8 Å². The second-order valence-corrected chi connectivity index (χ2v) is 4.47. The van der Waals surface area contributed by atoms with Gasteiger partial charge in [0.05, 0.1) is 19.8 Å². The molecule has 1 rings (SSSR count). The van der Waals surface area contributed by atoms with Crippen molar-refractivity contribution in [3.8, 4) is 0 Å². The standard InChI is InChI=1S/C13H21N3O6/c1-3-21-12(19)11(18)14-9-10(17)15-5-7-16(8-6-15)13(20)22-4-2/h3-9H2,1-2H3,(H,14,18). The fourth-order valence-corrected chi connectivity index (χ4v) is 1.89. The second kappa shape index (κ2) is 8.85. The molecule has 0 spiro atoms. The summed E-state index contributed by atoms with van der Waals surface area (Å²) in [5.74, 6) is -2.27. The summed E-state index contributed by atoms with van der Waals surface area (Å²) in [7, 11) is 0. The van der Waals surface area contributed by atoms with Crippen LogP contribution in [0.5, 0.6) is 0 Å². The molecular weight excluding hydrogens is 294 g/mol. The number of piperazine rings is 1. The fourth-order valence-electron chi connectivity index (χ4n) is 1.89. The normalized spacial score (nSPS) is 14.3. The molecule has 1 saturated heterocycles. The van der Waals surface area contributed by atoms with Gasteiger partial charge in [-0.3, -0.25) is 9.59 Å². The molecule has 0 aromatic heterocycles. The molecule has 0 atom stereocenters. The van der Waals surface area contributed by atoms with E-state index in [-0.39, 0.29) is 19.1 Å². The van der Waals surface area contributed by atoms with Crippen LogP contribution < -0.4 is 5.32 Å². The third-order valence-corrected chi connectivity index (χ3v) is 3.02. The molecule has 124 valence electrons. The Morgan fingerprint density at radius 2 is 1.45 bits per heavy atom. The molecule has 1 aliphatic heterocycles. The zero-order valence-corrected chi connectivity index (χ0v) is 12.8. The topological polar surface area (TPSA) is 105 Å². The van der Waals surface area contributed by atoms with Crippen molar-refractivity contribution in [2.75, 3.05) is 45.9 Å². The maximum absolute atomic E-state index is 11.9. The Kier molecular flexibility index (Phi) is 7.14. The van der Waals surface area contributed by atoms with Crippen LogP contribution in [-0.2, 0) is 23.9 Å². The van der Waals surface area contributed by atoms with Gasteiger partial charge in [0, 0.05) is 26.2 Å². The number of ether oxygens (including phenoxy) is 2. The molecule has 0 unspecified atom stereocenters. The lowest BCUT2D eigenvalue weighted by atomic mass is 10.3. The molecule has 0 saturated carbocycles. The van der Waals surface area contributed by atoms with Gasteiger partial charge in [0.2, 0.25) is 5.91 Å². The lowest BCUT2D eigenvalue weighted by Crippen LogP contribution is -2.53. The van der Waals surface area contributed by atoms with Crippen molar-refractivity contribution in [1.29, 1.82) is 0 Å². The number of hydrogen-bond donors (Lipinski definition) is 1. The van der Waals surface area contributed by atoms with Crippen LogP contribution in [0.3, 0.4) is 0 Å². The highest BCUT2D eigenvalue weighted by Gasteiger charge is 2.25. The number of carbonyl (C=O) groups excluding carboxylic acids is 4. The quantitative estimate of drug-likeness (QED) is 0.525. The van der Waals surface area contributed by atoms with Gasteiger partial charge in [-0.1, -0.05) is 0 Å². The number of carbonyl (C=O) groups is 4. The van der Waals surface area contributed by atoms with Crippen molar-refractivity contribution in [3.63, 3.8) is 0 Å². The van der Waals surface area contributed by atoms with Crippen LogP contribution in [0.2, 0.25) is 0 Å². The minimum atomic E-state index is -1.01. The summed E-state index contributed by atoms with van der Waals surface area (Å²) in [6.45, 7) is 4.88. The number of nitrogens with zero attached hydrogens (tertiary/aromatic N) is 2. The summed E-state index contributed by atoms with van der Waals surface area (Å²) in [5, 5.41) is 2.21. The molecule has 9 heteroatoms. The maximum atomic E-state index is 11.9. The van der Waals surface area contributed by atoms with Crippen LogP contribution in [0.4, 0.5) is 4.79 Å². The van der Waals surface area contributed by atoms with E-state index in [0.29, 0.717) is 32.8 Å².